The molecule has 1 unspecified atom stereocenters. The second kappa shape index (κ2) is 3.70. The number of ether oxygens (including phenoxy) is 1. The number of amides is 1. The second-order valence-corrected chi connectivity index (χ2v) is 5.67. The van der Waals surface area contributed by atoms with Crippen LogP contribution < -0.4 is 10.1 Å². The van der Waals surface area contributed by atoms with Gasteiger partial charge in [0.25, 0.3) is 11.6 Å². The number of benzene rings is 2. The lowest BCUT2D eigenvalue weighted by Crippen LogP contribution is -2.47. The number of nitrogens with one attached hydrogen (secondary N) is 1. The fourth-order valence-corrected chi connectivity index (χ4v) is 3.07. The maximum Gasteiger partial charge on any atom is 0.274 e. The summed E-state index contributed by atoms with van der Waals surface area (Å²) in [7, 11) is 0. The lowest BCUT2D eigenvalue weighted by molar-refractivity contribution is 0.0414. The lowest BCUT2D eigenvalue weighted by atomic mass is 9.96. The van der Waals surface area contributed by atoms with Crippen LogP contribution in [0, 0.1) is 0 Å². The highest BCUT2D eigenvalue weighted by atomic mass is 79.9. The molecule has 20 heavy (non-hydrogen) atoms. The van der Waals surface area contributed by atoms with Crippen LogP contribution in [-0.2, 0) is 5.72 Å². The summed E-state index contributed by atoms with van der Waals surface area (Å²) >= 11 is 3.34. The fraction of sp³-hybridized carbons (Fsp3) is 0.0667. The molecule has 4 nitrogen and oxygen atoms in total. The first-order valence-electron chi connectivity index (χ1n) is 6.07. The van der Waals surface area contributed by atoms with Crippen molar-refractivity contribution >= 4 is 27.6 Å². The summed E-state index contributed by atoms with van der Waals surface area (Å²) in [6.07, 6.45) is 0. The van der Waals surface area contributed by atoms with Gasteiger partial charge in [0.15, 0.2) is 0 Å². The standard InChI is InChI=1S/C15H8BrNO3/c16-8-5-6-12-10(7-8)13(18)15(20-12)11-4-2-1-3-9(11)14(19)17-15/h1-7H,(H,17,19). The number of Topliss-reactive ketones (excluding diaryl/α,β-unsaturated/α-hetero) is 1. The lowest BCUT2D eigenvalue weighted by Gasteiger charge is -2.22. The molecular formula is C15H8BrNO3. The minimum absolute atomic E-state index is 0.243. The number of halogens is 1. The molecule has 1 N–H and O–H groups in total. The van der Waals surface area contributed by atoms with Crippen LogP contribution >= 0.6 is 15.9 Å². The zero-order valence-electron chi connectivity index (χ0n) is 10.1. The van der Waals surface area contributed by atoms with Gasteiger partial charge in [-0.1, -0.05) is 34.1 Å². The van der Waals surface area contributed by atoms with E-state index in [1.165, 1.54) is 0 Å². The van der Waals surface area contributed by atoms with E-state index in [1.54, 1.807) is 42.5 Å². The van der Waals surface area contributed by atoms with Crippen LogP contribution in [0.1, 0.15) is 26.3 Å². The molecule has 1 spiro atoms. The van der Waals surface area contributed by atoms with Gasteiger partial charge in [0, 0.05) is 15.6 Å². The first-order chi connectivity index (χ1) is 9.62. The third kappa shape index (κ3) is 1.30. The minimum Gasteiger partial charge on any atom is -0.455 e. The quantitative estimate of drug-likeness (QED) is 0.808. The van der Waals surface area contributed by atoms with Crippen molar-refractivity contribution in [3.05, 3.63) is 63.6 Å². The molecule has 4 rings (SSSR count). The Morgan fingerprint density at radius 2 is 1.85 bits per heavy atom. The van der Waals surface area contributed by atoms with E-state index in [2.05, 4.69) is 21.2 Å². The number of carbonyl (C=O) groups is 2. The van der Waals surface area contributed by atoms with Crippen LogP contribution in [-0.4, -0.2) is 11.7 Å². The summed E-state index contributed by atoms with van der Waals surface area (Å²) in [6, 6.07) is 12.2. The molecule has 2 aliphatic rings. The molecule has 0 fully saturated rings. The van der Waals surface area contributed by atoms with Gasteiger partial charge in [0.05, 0.1) is 5.56 Å². The Balaban J connectivity index is 1.94. The van der Waals surface area contributed by atoms with Gasteiger partial charge in [0.2, 0.25) is 5.78 Å². The van der Waals surface area contributed by atoms with Gasteiger partial charge in [-0.2, -0.15) is 0 Å². The van der Waals surface area contributed by atoms with Gasteiger partial charge in [-0.3, -0.25) is 9.59 Å². The van der Waals surface area contributed by atoms with Crippen molar-refractivity contribution in [1.29, 1.82) is 0 Å². The van der Waals surface area contributed by atoms with Crippen molar-refractivity contribution in [3.63, 3.8) is 0 Å². The number of fused-ring (bicyclic) bond motifs is 3. The molecule has 2 aliphatic heterocycles. The summed E-state index contributed by atoms with van der Waals surface area (Å²) in [5.41, 5.74) is 0.114. The summed E-state index contributed by atoms with van der Waals surface area (Å²) in [5, 5.41) is 2.68. The Kier molecular flexibility index (Phi) is 2.16. The maximum atomic E-state index is 12.7. The van der Waals surface area contributed by atoms with E-state index < -0.39 is 5.72 Å². The molecule has 2 aromatic rings. The highest BCUT2D eigenvalue weighted by Gasteiger charge is 2.56. The van der Waals surface area contributed by atoms with E-state index in [0.717, 1.165) is 4.47 Å². The maximum absolute atomic E-state index is 12.7. The molecule has 0 aliphatic carbocycles. The van der Waals surface area contributed by atoms with Gasteiger partial charge in [-0.15, -0.1) is 0 Å². The van der Waals surface area contributed by atoms with Crippen LogP contribution in [0.15, 0.2) is 46.9 Å². The van der Waals surface area contributed by atoms with Crippen molar-refractivity contribution in [2.24, 2.45) is 0 Å². The Hall–Kier alpha value is -2.14. The van der Waals surface area contributed by atoms with Crippen LogP contribution in [0.2, 0.25) is 0 Å². The highest BCUT2D eigenvalue weighted by Crippen LogP contribution is 2.44. The van der Waals surface area contributed by atoms with Crippen LogP contribution in [0.25, 0.3) is 0 Å². The summed E-state index contributed by atoms with van der Waals surface area (Å²) in [5.74, 6) is -0.0527. The molecule has 2 heterocycles. The Labute approximate surface area is 122 Å². The minimum atomic E-state index is -1.41. The molecule has 0 bridgehead atoms. The average Bonchev–Trinajstić information content (AvgIpc) is 2.89. The third-order valence-corrected chi connectivity index (χ3v) is 4.10. The number of ketones is 1. The van der Waals surface area contributed by atoms with E-state index in [4.69, 9.17) is 4.74 Å². The Morgan fingerprint density at radius 1 is 1.05 bits per heavy atom. The first-order valence-corrected chi connectivity index (χ1v) is 6.86. The number of rotatable bonds is 0. The van der Waals surface area contributed by atoms with Crippen LogP contribution in [0.3, 0.4) is 0 Å². The predicted octanol–water partition coefficient (Wildman–Crippen LogP) is 2.62. The van der Waals surface area contributed by atoms with E-state index in [-0.39, 0.29) is 11.7 Å². The summed E-state index contributed by atoms with van der Waals surface area (Å²) < 4.78 is 6.61. The molecule has 2 aromatic carbocycles. The molecule has 1 atom stereocenters. The van der Waals surface area contributed by atoms with E-state index in [9.17, 15) is 9.59 Å². The van der Waals surface area contributed by atoms with Crippen molar-refractivity contribution < 1.29 is 14.3 Å². The second-order valence-electron chi connectivity index (χ2n) is 4.75. The Morgan fingerprint density at radius 3 is 2.70 bits per heavy atom. The molecule has 98 valence electrons. The zero-order valence-corrected chi connectivity index (χ0v) is 11.7. The molecular weight excluding hydrogens is 322 g/mol. The average molecular weight is 330 g/mol. The van der Waals surface area contributed by atoms with E-state index in [0.29, 0.717) is 22.4 Å². The van der Waals surface area contributed by atoms with Crippen LogP contribution in [0.4, 0.5) is 0 Å². The summed E-state index contributed by atoms with van der Waals surface area (Å²) in [4.78, 5) is 24.8. The predicted molar refractivity (Wildman–Crippen MR) is 74.7 cm³/mol. The molecule has 0 saturated carbocycles. The zero-order chi connectivity index (χ0) is 13.9. The number of carbonyl (C=O) groups excluding carboxylic acids is 2. The molecule has 5 heteroatoms. The van der Waals surface area contributed by atoms with Gasteiger partial charge in [-0.25, -0.2) is 0 Å². The van der Waals surface area contributed by atoms with Gasteiger partial charge in [0.1, 0.15) is 5.75 Å². The van der Waals surface area contributed by atoms with Crippen molar-refractivity contribution in [2.45, 2.75) is 5.72 Å². The smallest absolute Gasteiger partial charge is 0.274 e. The van der Waals surface area contributed by atoms with Crippen molar-refractivity contribution in [2.75, 3.05) is 0 Å². The van der Waals surface area contributed by atoms with Gasteiger partial charge in [-0.05, 0) is 24.3 Å². The first kappa shape index (κ1) is 11.7. The van der Waals surface area contributed by atoms with E-state index >= 15 is 0 Å². The normalized spacial score (nSPS) is 22.4. The Bertz CT molecular complexity index is 786. The third-order valence-electron chi connectivity index (χ3n) is 3.61. The molecule has 0 radical (unpaired) electrons. The number of hydrogen-bond acceptors (Lipinski definition) is 3. The van der Waals surface area contributed by atoms with Crippen molar-refractivity contribution in [1.82, 2.24) is 5.32 Å². The topological polar surface area (TPSA) is 55.4 Å². The number of hydrogen-bond donors (Lipinski definition) is 1. The molecule has 0 saturated heterocycles. The summed E-state index contributed by atoms with van der Waals surface area (Å²) in [6.45, 7) is 0. The molecule has 0 aromatic heterocycles. The SMILES string of the molecule is O=C1NC2(Oc3ccc(Br)cc3C2=O)c2ccccc21. The molecule has 1 amide bonds. The highest BCUT2D eigenvalue weighted by molar-refractivity contribution is 9.10. The van der Waals surface area contributed by atoms with Crippen LogP contribution in [0.5, 0.6) is 5.75 Å². The van der Waals surface area contributed by atoms with Gasteiger partial charge >= 0.3 is 0 Å². The fourth-order valence-electron chi connectivity index (χ4n) is 2.71. The van der Waals surface area contributed by atoms with E-state index in [1.807, 2.05) is 0 Å². The largest absolute Gasteiger partial charge is 0.455 e. The van der Waals surface area contributed by atoms with Gasteiger partial charge < -0.3 is 10.1 Å². The van der Waals surface area contributed by atoms with Crippen molar-refractivity contribution in [3.8, 4) is 5.75 Å². The monoisotopic (exact) mass is 329 g/mol.